The molecule has 0 aromatic heterocycles. The molecule has 0 bridgehead atoms. The van der Waals surface area contributed by atoms with Crippen LogP contribution < -0.4 is 0 Å². The highest BCUT2D eigenvalue weighted by Crippen LogP contribution is 2.57. The van der Waals surface area contributed by atoms with Gasteiger partial charge in [0, 0.05) is 0 Å². The lowest BCUT2D eigenvalue weighted by Crippen LogP contribution is -2.31. The summed E-state index contributed by atoms with van der Waals surface area (Å²) in [4.78, 5) is 0. The van der Waals surface area contributed by atoms with Crippen molar-refractivity contribution < 1.29 is 4.39 Å². The third kappa shape index (κ3) is 11.5. The highest BCUT2D eigenvalue weighted by atomic mass is 31.1. The van der Waals surface area contributed by atoms with Crippen molar-refractivity contribution in [1.29, 1.82) is 0 Å². The van der Waals surface area contributed by atoms with Crippen molar-refractivity contribution in [3.63, 3.8) is 0 Å². The van der Waals surface area contributed by atoms with Crippen molar-refractivity contribution in [2.45, 2.75) is 175 Å². The Morgan fingerprint density at radius 1 is 0.632 bits per heavy atom. The van der Waals surface area contributed by atoms with E-state index < -0.39 is 11.6 Å². The third-order valence-corrected chi connectivity index (χ3v) is 14.4. The van der Waals surface area contributed by atoms with E-state index in [1.807, 2.05) is 0 Å². The Hall–Kier alpha value is -3.28. The zero-order valence-electron chi connectivity index (χ0n) is 36.6. The summed E-state index contributed by atoms with van der Waals surface area (Å²) in [5, 5.41) is 3.89. The van der Waals surface area contributed by atoms with Gasteiger partial charge < -0.3 is 0 Å². The lowest BCUT2D eigenvalue weighted by atomic mass is 9.65. The smallest absolute Gasteiger partial charge is 0.122 e. The number of benzene rings is 4. The van der Waals surface area contributed by atoms with Crippen molar-refractivity contribution in [2.75, 3.05) is 0 Å². The summed E-state index contributed by atoms with van der Waals surface area (Å²) >= 11 is 0. The van der Waals surface area contributed by atoms with Gasteiger partial charge in [-0.3, -0.25) is 0 Å². The zero-order chi connectivity index (χ0) is 40.5. The van der Waals surface area contributed by atoms with E-state index >= 15 is 4.39 Å². The van der Waals surface area contributed by atoms with Crippen LogP contribution in [0.1, 0.15) is 175 Å². The second kappa shape index (κ2) is 23.3. The normalized spacial score (nSPS) is 16.5. The fraction of sp³-hybridized carbons (Fsp3) is 0.491. The van der Waals surface area contributed by atoms with Crippen LogP contribution >= 0.6 is 8.58 Å². The molecule has 0 radical (unpaired) electrons. The van der Waals surface area contributed by atoms with Gasteiger partial charge in [0.2, 0.25) is 0 Å². The number of rotatable bonds is 25. The molecule has 0 spiro atoms. The van der Waals surface area contributed by atoms with Gasteiger partial charge in [0.05, 0.1) is 5.41 Å². The molecule has 57 heavy (non-hydrogen) atoms. The van der Waals surface area contributed by atoms with Crippen molar-refractivity contribution in [1.82, 2.24) is 0 Å². The fourth-order valence-corrected chi connectivity index (χ4v) is 11.1. The molecule has 0 aliphatic heterocycles. The van der Waals surface area contributed by atoms with Crippen molar-refractivity contribution in [2.24, 2.45) is 0 Å². The van der Waals surface area contributed by atoms with Crippen LogP contribution in [0.2, 0.25) is 0 Å². The Bertz CT molecular complexity index is 1930. The van der Waals surface area contributed by atoms with Gasteiger partial charge in [0.15, 0.2) is 0 Å². The van der Waals surface area contributed by atoms with E-state index in [1.165, 1.54) is 150 Å². The Morgan fingerprint density at radius 3 is 1.79 bits per heavy atom. The van der Waals surface area contributed by atoms with Crippen LogP contribution in [0.25, 0.3) is 16.8 Å². The van der Waals surface area contributed by atoms with Crippen LogP contribution in [0.4, 0.5) is 4.39 Å². The second-order valence-electron chi connectivity index (χ2n) is 17.0. The van der Waals surface area contributed by atoms with Gasteiger partial charge in [-0.05, 0) is 113 Å². The molecule has 0 nitrogen and oxygen atoms in total. The van der Waals surface area contributed by atoms with Gasteiger partial charge in [0.1, 0.15) is 6.17 Å². The summed E-state index contributed by atoms with van der Waals surface area (Å²) in [5.41, 5.74) is 10.6. The molecule has 3 unspecified atom stereocenters. The minimum atomic E-state index is -0.996. The van der Waals surface area contributed by atoms with Crippen LogP contribution in [0.15, 0.2) is 107 Å². The van der Waals surface area contributed by atoms with Gasteiger partial charge in [-0.1, -0.05) is 222 Å². The first kappa shape index (κ1) is 44.8. The topological polar surface area (TPSA) is 0 Å². The molecule has 1 aliphatic carbocycles. The quantitative estimate of drug-likeness (QED) is 0.0357. The molecule has 0 saturated heterocycles. The van der Waals surface area contributed by atoms with Crippen LogP contribution in [-0.2, 0) is 11.6 Å². The first-order valence-corrected chi connectivity index (χ1v) is 24.2. The first-order chi connectivity index (χ1) is 27.8. The monoisotopic (exact) mass is 785 g/mol. The molecule has 4 aromatic rings. The Kier molecular flexibility index (Phi) is 18.4. The van der Waals surface area contributed by atoms with Gasteiger partial charge in [-0.15, -0.1) is 0 Å². The van der Waals surface area contributed by atoms with E-state index in [2.05, 4.69) is 139 Å². The molecule has 2 heteroatoms. The highest BCUT2D eigenvalue weighted by Gasteiger charge is 2.45. The van der Waals surface area contributed by atoms with Crippen LogP contribution in [0, 0.1) is 20.8 Å². The Labute approximate surface area is 349 Å². The molecule has 0 saturated carbocycles. The first-order valence-electron chi connectivity index (χ1n) is 23.0. The molecule has 3 atom stereocenters. The molecule has 0 amide bonds. The van der Waals surface area contributed by atoms with Gasteiger partial charge in [0.25, 0.3) is 0 Å². The molecule has 0 heterocycles. The molecular formula is C55H74FP. The van der Waals surface area contributed by atoms with Crippen LogP contribution in [0.3, 0.4) is 0 Å². The van der Waals surface area contributed by atoms with E-state index in [-0.39, 0.29) is 0 Å². The summed E-state index contributed by atoms with van der Waals surface area (Å²) in [6.45, 7) is 13.5. The number of hydrogen-bond acceptors (Lipinski definition) is 0. The van der Waals surface area contributed by atoms with Crippen molar-refractivity contribution in [3.05, 3.63) is 146 Å². The summed E-state index contributed by atoms with van der Waals surface area (Å²) in [5.74, 6) is 0. The number of allylic oxidation sites excluding steroid dienone is 5. The van der Waals surface area contributed by atoms with Gasteiger partial charge in [-0.2, -0.15) is 0 Å². The molecule has 0 fully saturated rings. The lowest BCUT2D eigenvalue weighted by molar-refractivity contribution is 0.344. The lowest BCUT2D eigenvalue weighted by Gasteiger charge is -2.39. The van der Waals surface area contributed by atoms with Gasteiger partial charge >= 0.3 is 0 Å². The van der Waals surface area contributed by atoms with Crippen LogP contribution in [0.5, 0.6) is 0 Å². The minimum absolute atomic E-state index is 0.535. The molecule has 306 valence electrons. The Morgan fingerprint density at radius 2 is 1.18 bits per heavy atom. The van der Waals surface area contributed by atoms with E-state index in [0.29, 0.717) is 15.0 Å². The third-order valence-electron chi connectivity index (χ3n) is 13.0. The number of aryl methyl sites for hydroxylation is 1. The summed E-state index contributed by atoms with van der Waals surface area (Å²) < 4.78 is 17.3. The average Bonchev–Trinajstić information content (AvgIpc) is 3.61. The predicted molar refractivity (Wildman–Crippen MR) is 253 cm³/mol. The van der Waals surface area contributed by atoms with E-state index in [1.54, 1.807) is 0 Å². The highest BCUT2D eigenvalue weighted by molar-refractivity contribution is 7.42. The maximum atomic E-state index is 17.3. The number of hydrogen-bond donors (Lipinski definition) is 0. The minimum Gasteiger partial charge on any atom is -0.243 e. The maximum absolute atomic E-state index is 17.3. The van der Waals surface area contributed by atoms with Crippen LogP contribution in [-0.4, -0.2) is 6.17 Å². The number of fused-ring (bicyclic) bond motifs is 2. The standard InChI is InChI=1S/C55H74FP/c1-7-9-10-11-12-13-14-15-16-17-18-19-20-21-22-26-38-51(56)45(6)54(52(31-8-2)57-41-46-32-24-23-25-33-46)55(40-39-47-34-27-30-37-50(47)55)53-44(5)42(3)43(4)48-35-28-29-36-49(48)53/h23-25,27-37,39-40,51,57H,7-22,26,38,41H2,1-6H3/b52-31-,54-45+. The molecule has 4 aromatic carbocycles. The molecule has 1 aliphatic rings. The second-order valence-corrected chi connectivity index (χ2v) is 18.3. The van der Waals surface area contributed by atoms with E-state index in [0.717, 1.165) is 31.0 Å². The van der Waals surface area contributed by atoms with Crippen molar-refractivity contribution >= 4 is 25.4 Å². The zero-order valence-corrected chi connectivity index (χ0v) is 37.6. The fourth-order valence-electron chi connectivity index (χ4n) is 9.52. The maximum Gasteiger partial charge on any atom is 0.122 e. The molecule has 5 rings (SSSR count). The largest absolute Gasteiger partial charge is 0.243 e. The Balaban J connectivity index is 1.38. The summed E-state index contributed by atoms with van der Waals surface area (Å²) in [7, 11) is 0.535. The van der Waals surface area contributed by atoms with E-state index in [9.17, 15) is 0 Å². The number of halogens is 1. The SMILES string of the molecule is CC/C=C(PCc1ccccc1)/C(=C(/C)C(F)CCCCCCCCCCCCCCCCCC)C1(c2c(C)c(C)c(C)c3ccccc23)C=Cc2ccccc21. The molecular weight excluding hydrogens is 711 g/mol. The summed E-state index contributed by atoms with van der Waals surface area (Å²) in [6.07, 6.45) is 29.9. The van der Waals surface area contributed by atoms with E-state index in [4.69, 9.17) is 0 Å². The van der Waals surface area contributed by atoms with Gasteiger partial charge in [-0.25, -0.2) is 4.39 Å². The average molecular weight is 785 g/mol. The summed E-state index contributed by atoms with van der Waals surface area (Å²) in [6, 6.07) is 28.7. The predicted octanol–water partition coefficient (Wildman–Crippen LogP) is 17.6. The molecule has 0 N–H and O–H groups in total. The number of alkyl halides is 1. The number of unbranched alkanes of at least 4 members (excludes halogenated alkanes) is 15. The van der Waals surface area contributed by atoms with Crippen molar-refractivity contribution in [3.8, 4) is 0 Å².